The van der Waals surface area contributed by atoms with E-state index in [1.54, 1.807) is 0 Å². The molecular weight excluding hydrogens is 140 g/mol. The predicted octanol–water partition coefficient (Wildman–Crippen LogP) is 1.67. The summed E-state index contributed by atoms with van der Waals surface area (Å²) in [7, 11) is 1.91. The minimum absolute atomic E-state index is 0.0162. The van der Waals surface area contributed by atoms with E-state index in [9.17, 15) is 4.91 Å². The van der Waals surface area contributed by atoms with Crippen LogP contribution >= 0.6 is 0 Å². The fourth-order valence-corrected chi connectivity index (χ4v) is 1.75. The van der Waals surface area contributed by atoms with Gasteiger partial charge >= 0.3 is 0 Å². The van der Waals surface area contributed by atoms with Gasteiger partial charge in [-0.25, -0.2) is 0 Å². The van der Waals surface area contributed by atoms with Crippen LogP contribution in [0.1, 0.15) is 32.1 Å². The molecule has 0 heterocycles. The van der Waals surface area contributed by atoms with Gasteiger partial charge in [0.05, 0.1) is 0 Å². The first kappa shape index (κ1) is 8.65. The van der Waals surface area contributed by atoms with Crippen molar-refractivity contribution in [1.29, 1.82) is 0 Å². The molecule has 1 aliphatic rings. The van der Waals surface area contributed by atoms with Gasteiger partial charge in [-0.3, -0.25) is 0 Å². The Morgan fingerprint density at radius 3 is 2.64 bits per heavy atom. The molecule has 1 rings (SSSR count). The summed E-state index contributed by atoms with van der Waals surface area (Å²) >= 11 is 0. The molecule has 64 valence electrons. The topological polar surface area (TPSA) is 41.5 Å². The second-order valence-electron chi connectivity index (χ2n) is 3.21. The summed E-state index contributed by atoms with van der Waals surface area (Å²) in [6, 6.07) is 0.345. The molecule has 1 fully saturated rings. The van der Waals surface area contributed by atoms with Crippen LogP contribution in [-0.4, -0.2) is 19.1 Å². The highest BCUT2D eigenvalue weighted by Crippen LogP contribution is 2.19. The number of nitrogens with one attached hydrogen (secondary N) is 1. The van der Waals surface area contributed by atoms with Crippen molar-refractivity contribution >= 4 is 0 Å². The van der Waals surface area contributed by atoms with Crippen molar-refractivity contribution in [2.24, 2.45) is 5.18 Å². The molecule has 3 nitrogen and oxygen atoms in total. The first-order chi connectivity index (χ1) is 5.38. The van der Waals surface area contributed by atoms with Crippen LogP contribution in [-0.2, 0) is 0 Å². The van der Waals surface area contributed by atoms with E-state index in [-0.39, 0.29) is 6.04 Å². The minimum Gasteiger partial charge on any atom is -0.315 e. The third-order valence-electron chi connectivity index (χ3n) is 2.49. The molecule has 2 atom stereocenters. The van der Waals surface area contributed by atoms with Crippen LogP contribution in [0.5, 0.6) is 0 Å². The first-order valence-electron chi connectivity index (χ1n) is 4.38. The number of likely N-dealkylation sites (N-methyl/N-ethyl adjacent to an activating group) is 1. The Labute approximate surface area is 67.5 Å². The van der Waals surface area contributed by atoms with Gasteiger partial charge in [0.15, 0.2) is 0 Å². The van der Waals surface area contributed by atoms with Crippen LogP contribution in [0.3, 0.4) is 0 Å². The largest absolute Gasteiger partial charge is 0.315 e. The van der Waals surface area contributed by atoms with Gasteiger partial charge in [-0.15, -0.1) is 0 Å². The lowest BCUT2D eigenvalue weighted by Gasteiger charge is -2.17. The van der Waals surface area contributed by atoms with Gasteiger partial charge < -0.3 is 5.32 Å². The standard InChI is InChI=1S/C8H16N2O/c1-9-7-5-3-2-4-6-8(7)10-11/h7-9H,2-6H2,1H3/t7-,8-/m0/s1. The first-order valence-corrected chi connectivity index (χ1v) is 4.38. The number of nitrogens with zero attached hydrogens (tertiary/aromatic N) is 1. The second-order valence-corrected chi connectivity index (χ2v) is 3.21. The molecule has 0 radical (unpaired) electrons. The van der Waals surface area contributed by atoms with E-state index in [1.807, 2.05) is 7.05 Å². The van der Waals surface area contributed by atoms with Crippen molar-refractivity contribution in [2.45, 2.75) is 44.2 Å². The summed E-state index contributed by atoms with van der Waals surface area (Å²) in [6.45, 7) is 0. The minimum atomic E-state index is 0.0162. The molecule has 0 aromatic carbocycles. The summed E-state index contributed by atoms with van der Waals surface area (Å²) in [5.74, 6) is 0. The molecular formula is C8H16N2O. The fraction of sp³-hybridized carbons (Fsp3) is 1.00. The third kappa shape index (κ3) is 2.26. The zero-order chi connectivity index (χ0) is 8.10. The van der Waals surface area contributed by atoms with E-state index in [4.69, 9.17) is 0 Å². The highest BCUT2D eigenvalue weighted by molar-refractivity contribution is 4.83. The Morgan fingerprint density at radius 1 is 1.27 bits per heavy atom. The summed E-state index contributed by atoms with van der Waals surface area (Å²) < 4.78 is 0. The second kappa shape index (κ2) is 4.44. The van der Waals surface area contributed by atoms with Crippen LogP contribution in [0, 0.1) is 4.91 Å². The van der Waals surface area contributed by atoms with E-state index in [0.29, 0.717) is 6.04 Å². The summed E-state index contributed by atoms with van der Waals surface area (Å²) in [6.07, 6.45) is 5.72. The number of rotatable bonds is 2. The summed E-state index contributed by atoms with van der Waals surface area (Å²) in [5, 5.41) is 6.30. The third-order valence-corrected chi connectivity index (χ3v) is 2.49. The maximum Gasteiger partial charge on any atom is 0.107 e. The SMILES string of the molecule is CN[C@H]1CCCCC[C@@H]1N=O. The Morgan fingerprint density at radius 2 is 2.00 bits per heavy atom. The fourth-order valence-electron chi connectivity index (χ4n) is 1.75. The van der Waals surface area contributed by atoms with Crippen molar-refractivity contribution in [3.63, 3.8) is 0 Å². The lowest BCUT2D eigenvalue weighted by molar-refractivity contribution is 0.437. The molecule has 0 aromatic rings. The van der Waals surface area contributed by atoms with Gasteiger partial charge in [0.1, 0.15) is 6.04 Å². The van der Waals surface area contributed by atoms with E-state index >= 15 is 0 Å². The molecule has 0 aliphatic heterocycles. The molecule has 0 bridgehead atoms. The van der Waals surface area contributed by atoms with E-state index < -0.39 is 0 Å². The van der Waals surface area contributed by atoms with E-state index in [1.165, 1.54) is 12.8 Å². The van der Waals surface area contributed by atoms with Crippen molar-refractivity contribution < 1.29 is 0 Å². The van der Waals surface area contributed by atoms with E-state index in [0.717, 1.165) is 19.3 Å². The van der Waals surface area contributed by atoms with Crippen LogP contribution in [0.25, 0.3) is 0 Å². The van der Waals surface area contributed by atoms with Gasteiger partial charge in [-0.05, 0) is 19.9 Å². The molecule has 3 heteroatoms. The molecule has 0 unspecified atom stereocenters. The number of hydrogen-bond donors (Lipinski definition) is 1. The van der Waals surface area contributed by atoms with Crippen LogP contribution in [0.15, 0.2) is 5.18 Å². The van der Waals surface area contributed by atoms with Gasteiger partial charge in [-0.1, -0.05) is 24.4 Å². The highest BCUT2D eigenvalue weighted by Gasteiger charge is 2.22. The highest BCUT2D eigenvalue weighted by atomic mass is 16.3. The Hall–Kier alpha value is -0.440. The van der Waals surface area contributed by atoms with Gasteiger partial charge in [0.2, 0.25) is 0 Å². The molecule has 0 aromatic heterocycles. The zero-order valence-corrected chi connectivity index (χ0v) is 7.05. The van der Waals surface area contributed by atoms with Crippen LogP contribution < -0.4 is 5.32 Å². The van der Waals surface area contributed by atoms with Crippen molar-refractivity contribution in [1.82, 2.24) is 5.32 Å². The van der Waals surface area contributed by atoms with Gasteiger partial charge in [-0.2, -0.15) is 4.91 Å². The quantitative estimate of drug-likeness (QED) is 0.488. The normalized spacial score (nSPS) is 32.8. The summed E-state index contributed by atoms with van der Waals surface area (Å²) in [5.41, 5.74) is 0. The lowest BCUT2D eigenvalue weighted by Crippen LogP contribution is -2.35. The molecule has 1 aliphatic carbocycles. The molecule has 0 spiro atoms. The molecule has 1 saturated carbocycles. The van der Waals surface area contributed by atoms with Crippen molar-refractivity contribution in [2.75, 3.05) is 7.05 Å². The van der Waals surface area contributed by atoms with Crippen molar-refractivity contribution in [3.05, 3.63) is 4.91 Å². The molecule has 0 amide bonds. The predicted molar refractivity (Wildman–Crippen MR) is 45.5 cm³/mol. The molecule has 11 heavy (non-hydrogen) atoms. The average Bonchev–Trinajstić information content (AvgIpc) is 2.27. The Bertz CT molecular complexity index is 127. The number of nitroso groups, excluding NO2 is 1. The lowest BCUT2D eigenvalue weighted by atomic mass is 10.0. The number of hydrogen-bond acceptors (Lipinski definition) is 3. The van der Waals surface area contributed by atoms with Crippen LogP contribution in [0.2, 0.25) is 0 Å². The Kier molecular flexibility index (Phi) is 3.49. The smallest absolute Gasteiger partial charge is 0.107 e. The van der Waals surface area contributed by atoms with Crippen molar-refractivity contribution in [3.8, 4) is 0 Å². The summed E-state index contributed by atoms with van der Waals surface area (Å²) in [4.78, 5) is 10.4. The maximum absolute atomic E-state index is 10.4. The Balaban J connectivity index is 2.47. The molecule has 1 N–H and O–H groups in total. The van der Waals surface area contributed by atoms with Gasteiger partial charge in [0, 0.05) is 6.04 Å². The maximum atomic E-state index is 10.4. The zero-order valence-electron chi connectivity index (χ0n) is 7.05. The van der Waals surface area contributed by atoms with Gasteiger partial charge in [0.25, 0.3) is 0 Å². The van der Waals surface area contributed by atoms with E-state index in [2.05, 4.69) is 10.5 Å². The van der Waals surface area contributed by atoms with Crippen LogP contribution in [0.4, 0.5) is 0 Å². The average molecular weight is 156 g/mol. The monoisotopic (exact) mass is 156 g/mol. The molecule has 0 saturated heterocycles.